The molecular formula is C16H16O. The number of hydrogen-bond donors (Lipinski definition) is 0. The molecule has 0 N–H and O–H groups in total. The fourth-order valence-corrected chi connectivity index (χ4v) is 2.19. The molecule has 1 aromatic carbocycles. The molecule has 0 radical (unpaired) electrons. The van der Waals surface area contributed by atoms with E-state index in [1.807, 2.05) is 36.4 Å². The van der Waals surface area contributed by atoms with Gasteiger partial charge in [0.25, 0.3) is 0 Å². The van der Waals surface area contributed by atoms with Gasteiger partial charge in [-0.3, -0.25) is 4.79 Å². The number of carbonyl (C=O) groups is 1. The molecule has 2 rings (SSSR count). The fraction of sp³-hybridized carbons (Fsp3) is 0.188. The standard InChI is InChI=1S/C16H16O/c1-2-15(17)16(13-9-5-3-6-10-13)14-11-7-4-8-12-14/h2-7,9-11,16H,1,8,12H2. The summed E-state index contributed by atoms with van der Waals surface area (Å²) < 4.78 is 0. The van der Waals surface area contributed by atoms with Gasteiger partial charge >= 0.3 is 0 Å². The van der Waals surface area contributed by atoms with E-state index in [1.54, 1.807) is 0 Å². The van der Waals surface area contributed by atoms with Crippen LogP contribution in [0.15, 0.2) is 66.8 Å². The van der Waals surface area contributed by atoms with Crippen LogP contribution in [0.4, 0.5) is 0 Å². The van der Waals surface area contributed by atoms with E-state index in [4.69, 9.17) is 0 Å². The summed E-state index contributed by atoms with van der Waals surface area (Å²) in [5.74, 6) is -0.0728. The first-order valence-electron chi connectivity index (χ1n) is 5.89. The van der Waals surface area contributed by atoms with Crippen LogP contribution in [0.3, 0.4) is 0 Å². The van der Waals surface area contributed by atoms with Gasteiger partial charge in [-0.1, -0.05) is 60.7 Å². The summed E-state index contributed by atoms with van der Waals surface area (Å²) in [6.07, 6.45) is 9.61. The van der Waals surface area contributed by atoms with E-state index in [0.29, 0.717) is 0 Å². The zero-order valence-corrected chi connectivity index (χ0v) is 9.80. The van der Waals surface area contributed by atoms with Crippen LogP contribution in [0.25, 0.3) is 0 Å². The highest BCUT2D eigenvalue weighted by atomic mass is 16.1. The Morgan fingerprint density at radius 3 is 2.65 bits per heavy atom. The lowest BCUT2D eigenvalue weighted by Crippen LogP contribution is -2.13. The van der Waals surface area contributed by atoms with Crippen LogP contribution < -0.4 is 0 Å². The van der Waals surface area contributed by atoms with Crippen molar-refractivity contribution in [3.8, 4) is 0 Å². The van der Waals surface area contributed by atoms with Gasteiger partial charge in [0.15, 0.2) is 5.78 Å². The maximum atomic E-state index is 12.0. The average molecular weight is 224 g/mol. The molecule has 1 unspecified atom stereocenters. The van der Waals surface area contributed by atoms with Crippen molar-refractivity contribution in [3.63, 3.8) is 0 Å². The van der Waals surface area contributed by atoms with Crippen LogP contribution in [0.2, 0.25) is 0 Å². The second kappa shape index (κ2) is 5.44. The topological polar surface area (TPSA) is 17.1 Å². The number of hydrogen-bond acceptors (Lipinski definition) is 1. The molecular weight excluding hydrogens is 208 g/mol. The minimum absolute atomic E-state index is 0.0813. The first-order chi connectivity index (χ1) is 8.33. The number of benzene rings is 1. The second-order valence-electron chi connectivity index (χ2n) is 4.16. The predicted molar refractivity (Wildman–Crippen MR) is 70.8 cm³/mol. The van der Waals surface area contributed by atoms with Crippen molar-refractivity contribution >= 4 is 5.78 Å². The van der Waals surface area contributed by atoms with Crippen molar-refractivity contribution in [1.82, 2.24) is 0 Å². The quantitative estimate of drug-likeness (QED) is 0.711. The summed E-state index contributed by atoms with van der Waals surface area (Å²) in [6.45, 7) is 3.61. The first-order valence-corrected chi connectivity index (χ1v) is 5.89. The van der Waals surface area contributed by atoms with E-state index in [2.05, 4.69) is 18.7 Å². The Kier molecular flexibility index (Phi) is 3.71. The van der Waals surface area contributed by atoms with Gasteiger partial charge in [0.1, 0.15) is 0 Å². The second-order valence-corrected chi connectivity index (χ2v) is 4.16. The molecule has 17 heavy (non-hydrogen) atoms. The summed E-state index contributed by atoms with van der Waals surface area (Å²) >= 11 is 0. The third-order valence-corrected chi connectivity index (χ3v) is 3.04. The molecule has 1 aliphatic rings. The number of rotatable bonds is 4. The van der Waals surface area contributed by atoms with Gasteiger partial charge in [-0.05, 0) is 24.5 Å². The molecule has 0 aliphatic heterocycles. The lowest BCUT2D eigenvalue weighted by atomic mass is 9.83. The van der Waals surface area contributed by atoms with E-state index < -0.39 is 0 Å². The molecule has 0 saturated heterocycles. The summed E-state index contributed by atoms with van der Waals surface area (Å²) in [7, 11) is 0. The zero-order valence-electron chi connectivity index (χ0n) is 9.80. The van der Waals surface area contributed by atoms with Crippen molar-refractivity contribution in [2.45, 2.75) is 18.8 Å². The molecule has 0 fully saturated rings. The van der Waals surface area contributed by atoms with Crippen molar-refractivity contribution in [2.24, 2.45) is 0 Å². The van der Waals surface area contributed by atoms with Crippen molar-refractivity contribution in [1.29, 1.82) is 0 Å². The first kappa shape index (κ1) is 11.6. The molecule has 0 amide bonds. The maximum absolute atomic E-state index is 12.0. The Balaban J connectivity index is 2.38. The molecule has 1 atom stereocenters. The molecule has 86 valence electrons. The lowest BCUT2D eigenvalue weighted by molar-refractivity contribution is -0.115. The van der Waals surface area contributed by atoms with Gasteiger partial charge in [-0.25, -0.2) is 0 Å². The largest absolute Gasteiger partial charge is 0.294 e. The normalized spacial score (nSPS) is 16.1. The minimum Gasteiger partial charge on any atom is -0.294 e. The predicted octanol–water partition coefficient (Wildman–Crippen LogP) is 3.80. The molecule has 1 nitrogen and oxygen atoms in total. The highest BCUT2D eigenvalue weighted by molar-refractivity contribution is 5.97. The van der Waals surface area contributed by atoms with Crippen LogP contribution in [-0.4, -0.2) is 5.78 Å². The van der Waals surface area contributed by atoms with Gasteiger partial charge in [0.2, 0.25) is 0 Å². The third kappa shape index (κ3) is 2.62. The van der Waals surface area contributed by atoms with Crippen LogP contribution >= 0.6 is 0 Å². The van der Waals surface area contributed by atoms with Crippen LogP contribution in [0.1, 0.15) is 24.3 Å². The van der Waals surface area contributed by atoms with Gasteiger partial charge in [0.05, 0.1) is 5.92 Å². The highest BCUT2D eigenvalue weighted by Crippen LogP contribution is 2.30. The number of ketones is 1. The highest BCUT2D eigenvalue weighted by Gasteiger charge is 2.22. The average Bonchev–Trinajstić information content (AvgIpc) is 2.41. The van der Waals surface area contributed by atoms with Crippen LogP contribution in [0, 0.1) is 0 Å². The van der Waals surface area contributed by atoms with E-state index in [1.165, 1.54) is 11.6 Å². The van der Waals surface area contributed by atoms with Crippen molar-refractivity contribution < 1.29 is 4.79 Å². The summed E-state index contributed by atoms with van der Waals surface area (Å²) in [5.41, 5.74) is 2.24. The Morgan fingerprint density at radius 1 is 1.29 bits per heavy atom. The summed E-state index contributed by atoms with van der Waals surface area (Å²) in [6, 6.07) is 9.92. The van der Waals surface area contributed by atoms with Crippen molar-refractivity contribution in [2.75, 3.05) is 0 Å². The molecule has 0 saturated carbocycles. The fourth-order valence-electron chi connectivity index (χ4n) is 2.19. The van der Waals surface area contributed by atoms with Gasteiger partial charge in [-0.15, -0.1) is 0 Å². The molecule has 0 aromatic heterocycles. The lowest BCUT2D eigenvalue weighted by Gasteiger charge is -2.19. The molecule has 1 heteroatoms. The Hall–Kier alpha value is -1.89. The molecule has 0 heterocycles. The molecule has 0 spiro atoms. The van der Waals surface area contributed by atoms with Crippen molar-refractivity contribution in [3.05, 3.63) is 72.4 Å². The van der Waals surface area contributed by atoms with Crippen LogP contribution in [-0.2, 0) is 4.79 Å². The molecule has 1 aliphatic carbocycles. The maximum Gasteiger partial charge on any atom is 0.166 e. The van der Waals surface area contributed by atoms with E-state index >= 15 is 0 Å². The Bertz CT molecular complexity index is 466. The van der Waals surface area contributed by atoms with Gasteiger partial charge < -0.3 is 0 Å². The Morgan fingerprint density at radius 2 is 2.06 bits per heavy atom. The Labute approximate surface area is 102 Å². The van der Waals surface area contributed by atoms with Gasteiger partial charge in [-0.2, -0.15) is 0 Å². The molecule has 0 bridgehead atoms. The van der Waals surface area contributed by atoms with E-state index in [9.17, 15) is 4.79 Å². The minimum atomic E-state index is -0.154. The van der Waals surface area contributed by atoms with E-state index in [0.717, 1.165) is 18.4 Å². The zero-order chi connectivity index (χ0) is 12.1. The monoisotopic (exact) mass is 224 g/mol. The summed E-state index contributed by atoms with van der Waals surface area (Å²) in [4.78, 5) is 12.0. The SMILES string of the molecule is C=CC(=O)C(C1=CC=CCC1)c1ccccc1. The number of allylic oxidation sites excluding steroid dienone is 5. The number of carbonyl (C=O) groups excluding carboxylic acids is 1. The van der Waals surface area contributed by atoms with Gasteiger partial charge in [0, 0.05) is 0 Å². The molecule has 1 aromatic rings. The third-order valence-electron chi connectivity index (χ3n) is 3.04. The van der Waals surface area contributed by atoms with E-state index in [-0.39, 0.29) is 11.7 Å². The van der Waals surface area contributed by atoms with Crippen LogP contribution in [0.5, 0.6) is 0 Å². The smallest absolute Gasteiger partial charge is 0.166 e. The summed E-state index contributed by atoms with van der Waals surface area (Å²) in [5, 5.41) is 0.